The van der Waals surface area contributed by atoms with E-state index in [1.165, 1.54) is 17.3 Å². The van der Waals surface area contributed by atoms with Crippen molar-refractivity contribution in [1.82, 2.24) is 4.90 Å². The molecule has 0 amide bonds. The molecule has 98 valence electrons. The smallest absolute Gasteiger partial charge is 0.182 e. The van der Waals surface area contributed by atoms with E-state index in [9.17, 15) is 4.79 Å². The summed E-state index contributed by atoms with van der Waals surface area (Å²) < 4.78 is 0. The fraction of sp³-hybridized carbons (Fsp3) is 0.385. The Bertz CT molecular complexity index is 433. The predicted octanol–water partition coefficient (Wildman–Crippen LogP) is -0.581. The van der Waals surface area contributed by atoms with Crippen molar-refractivity contribution >= 4 is 22.7 Å². The quantitative estimate of drug-likeness (QED) is 0.752. The van der Waals surface area contributed by atoms with Crippen molar-refractivity contribution < 1.29 is 21.8 Å². The summed E-state index contributed by atoms with van der Waals surface area (Å²) in [7, 11) is 0. The van der Waals surface area contributed by atoms with Gasteiger partial charge in [-0.1, -0.05) is 43.0 Å². The summed E-state index contributed by atoms with van der Waals surface area (Å²) in [6.07, 6.45) is 0.988. The van der Waals surface area contributed by atoms with Gasteiger partial charge in [-0.3, -0.25) is 10.2 Å². The summed E-state index contributed by atoms with van der Waals surface area (Å²) in [6.45, 7) is 3.24. The van der Waals surface area contributed by atoms with Crippen LogP contribution in [-0.4, -0.2) is 34.7 Å². The monoisotopic (exact) mass is 327 g/mol. The number of carbonyl (C=O) groups excluding carboxylic acids is 1. The third kappa shape index (κ3) is 3.59. The van der Waals surface area contributed by atoms with Gasteiger partial charge in [0, 0.05) is 17.9 Å². The molecule has 0 aromatic heterocycles. The van der Waals surface area contributed by atoms with Crippen LogP contribution in [0.4, 0.5) is 0 Å². The van der Waals surface area contributed by atoms with Crippen LogP contribution >= 0.6 is 11.8 Å². The molecule has 1 aromatic carbocycles. The number of halogens is 1. The maximum absolute atomic E-state index is 12.0. The second-order valence-corrected chi connectivity index (χ2v) is 5.13. The highest BCUT2D eigenvalue weighted by Gasteiger charge is 2.20. The van der Waals surface area contributed by atoms with E-state index >= 15 is 0 Å². The first-order valence-electron chi connectivity index (χ1n) is 5.79. The Labute approximate surface area is 122 Å². The highest BCUT2D eigenvalue weighted by Crippen LogP contribution is 2.16. The maximum Gasteiger partial charge on any atom is 0.182 e. The van der Waals surface area contributed by atoms with E-state index in [1.807, 2.05) is 29.2 Å². The molecule has 1 aliphatic rings. The Kier molecular flexibility index (Phi) is 5.88. The van der Waals surface area contributed by atoms with E-state index in [0.29, 0.717) is 11.7 Å². The zero-order valence-corrected chi connectivity index (χ0v) is 12.7. The fourth-order valence-corrected chi connectivity index (χ4v) is 2.63. The molecule has 0 spiro atoms. The molecule has 5 heteroatoms. The molecule has 0 bridgehead atoms. The molecule has 1 aromatic rings. The molecule has 1 N–H and O–H groups in total. The van der Waals surface area contributed by atoms with Gasteiger partial charge in [0.25, 0.3) is 0 Å². The van der Waals surface area contributed by atoms with Gasteiger partial charge in [-0.25, -0.2) is 0 Å². The number of nitrogens with zero attached hydrogens (tertiary/aromatic N) is 1. The van der Waals surface area contributed by atoms with Gasteiger partial charge in [-0.15, -0.1) is 0 Å². The first-order chi connectivity index (χ1) is 8.20. The standard InChI is InChI=1S/C13H16N2OS.BrH/c1-2-10-3-5-11(6-4-10)12(16)9-15-7-8-17-13(15)14;/h3-6,14H,2,7-9H2,1H3;1H/p-1. The van der Waals surface area contributed by atoms with Crippen molar-refractivity contribution in [3.05, 3.63) is 35.4 Å². The second-order valence-electron chi connectivity index (χ2n) is 4.05. The molecule has 0 aliphatic carbocycles. The zero-order chi connectivity index (χ0) is 12.3. The lowest BCUT2D eigenvalue weighted by Crippen LogP contribution is -3.00. The van der Waals surface area contributed by atoms with Gasteiger partial charge in [-0.05, 0) is 12.0 Å². The van der Waals surface area contributed by atoms with Crippen molar-refractivity contribution in [2.24, 2.45) is 0 Å². The van der Waals surface area contributed by atoms with Gasteiger partial charge in [0.15, 0.2) is 11.0 Å². The molecule has 0 unspecified atom stereocenters. The van der Waals surface area contributed by atoms with Crippen molar-refractivity contribution in [3.63, 3.8) is 0 Å². The number of benzene rings is 1. The van der Waals surface area contributed by atoms with Gasteiger partial charge in [-0.2, -0.15) is 0 Å². The highest BCUT2D eigenvalue weighted by atomic mass is 79.9. The average molecular weight is 328 g/mol. The number of thioether (sulfide) groups is 1. The summed E-state index contributed by atoms with van der Waals surface area (Å²) in [5, 5.41) is 8.18. The maximum atomic E-state index is 12.0. The number of ketones is 1. The number of amidine groups is 1. The summed E-state index contributed by atoms with van der Waals surface area (Å²) in [6, 6.07) is 7.76. The zero-order valence-electron chi connectivity index (χ0n) is 10.3. The molecule has 1 heterocycles. The van der Waals surface area contributed by atoms with Crippen LogP contribution in [0.3, 0.4) is 0 Å². The van der Waals surface area contributed by atoms with Gasteiger partial charge in [0.1, 0.15) is 0 Å². The topological polar surface area (TPSA) is 44.2 Å². The van der Waals surface area contributed by atoms with E-state index in [1.54, 1.807) is 0 Å². The van der Waals surface area contributed by atoms with Crippen LogP contribution in [0.5, 0.6) is 0 Å². The van der Waals surface area contributed by atoms with Gasteiger partial charge < -0.3 is 21.9 Å². The van der Waals surface area contributed by atoms with Crippen molar-refractivity contribution in [2.45, 2.75) is 13.3 Å². The molecule has 0 radical (unpaired) electrons. The number of nitrogens with one attached hydrogen (secondary N) is 1. The Morgan fingerprint density at radius 3 is 2.56 bits per heavy atom. The number of hydrogen-bond donors (Lipinski definition) is 1. The van der Waals surface area contributed by atoms with Crippen LogP contribution in [0.1, 0.15) is 22.8 Å². The van der Waals surface area contributed by atoms with Crippen LogP contribution in [0.15, 0.2) is 24.3 Å². The molecule has 3 nitrogen and oxygen atoms in total. The molecular formula is C13H16BrN2OS-. The van der Waals surface area contributed by atoms with Crippen LogP contribution in [0.25, 0.3) is 0 Å². The van der Waals surface area contributed by atoms with E-state index < -0.39 is 0 Å². The van der Waals surface area contributed by atoms with Crippen LogP contribution in [0.2, 0.25) is 0 Å². The van der Waals surface area contributed by atoms with Crippen molar-refractivity contribution in [1.29, 1.82) is 5.41 Å². The molecule has 2 rings (SSSR count). The normalized spacial score (nSPS) is 14.5. The number of Topliss-reactive ketones (excluding diaryl/α,β-unsaturated/α-hetero) is 1. The number of rotatable bonds is 4. The Hall–Kier alpha value is -0.810. The number of aryl methyl sites for hydroxylation is 1. The Balaban J connectivity index is 0.00000162. The van der Waals surface area contributed by atoms with Crippen LogP contribution in [0, 0.1) is 5.41 Å². The first-order valence-corrected chi connectivity index (χ1v) is 6.77. The molecule has 18 heavy (non-hydrogen) atoms. The highest BCUT2D eigenvalue weighted by molar-refractivity contribution is 8.14. The molecule has 0 atom stereocenters. The predicted molar refractivity (Wildman–Crippen MR) is 71.9 cm³/mol. The van der Waals surface area contributed by atoms with E-state index in [-0.39, 0.29) is 22.8 Å². The van der Waals surface area contributed by atoms with Gasteiger partial charge in [0.2, 0.25) is 0 Å². The molecule has 1 fully saturated rings. The minimum Gasteiger partial charge on any atom is -1.00 e. The van der Waals surface area contributed by atoms with Crippen molar-refractivity contribution in [3.8, 4) is 0 Å². The molecule has 1 saturated heterocycles. The van der Waals surface area contributed by atoms with Crippen LogP contribution < -0.4 is 17.0 Å². The SMILES string of the molecule is CCc1ccc(C(=O)CN2CCSC2=N)cc1.[Br-]. The fourth-order valence-electron chi connectivity index (χ4n) is 1.79. The number of hydrogen-bond acceptors (Lipinski definition) is 3. The number of carbonyl (C=O) groups is 1. The van der Waals surface area contributed by atoms with Gasteiger partial charge >= 0.3 is 0 Å². The van der Waals surface area contributed by atoms with Crippen LogP contribution in [-0.2, 0) is 6.42 Å². The summed E-state index contributed by atoms with van der Waals surface area (Å²) in [5.41, 5.74) is 1.98. The minimum absolute atomic E-state index is 0. The average Bonchev–Trinajstić information content (AvgIpc) is 2.75. The third-order valence-corrected chi connectivity index (χ3v) is 3.82. The van der Waals surface area contributed by atoms with E-state index in [0.717, 1.165) is 24.3 Å². The van der Waals surface area contributed by atoms with Gasteiger partial charge in [0.05, 0.1) is 6.54 Å². The Morgan fingerprint density at radius 2 is 2.06 bits per heavy atom. The van der Waals surface area contributed by atoms with E-state index in [4.69, 9.17) is 5.41 Å². The second kappa shape index (κ2) is 6.95. The lowest BCUT2D eigenvalue weighted by atomic mass is 10.1. The largest absolute Gasteiger partial charge is 1.00 e. The molecular weight excluding hydrogens is 312 g/mol. The lowest BCUT2D eigenvalue weighted by Gasteiger charge is -2.15. The van der Waals surface area contributed by atoms with Crippen molar-refractivity contribution in [2.75, 3.05) is 18.8 Å². The summed E-state index contributed by atoms with van der Waals surface area (Å²) in [5.74, 6) is 1.01. The molecule has 1 aliphatic heterocycles. The molecule has 0 saturated carbocycles. The summed E-state index contributed by atoms with van der Waals surface area (Å²) in [4.78, 5) is 13.8. The minimum atomic E-state index is 0. The Morgan fingerprint density at radius 1 is 1.39 bits per heavy atom. The lowest BCUT2D eigenvalue weighted by molar-refractivity contribution is -0.0000115. The first kappa shape index (κ1) is 15.2. The summed E-state index contributed by atoms with van der Waals surface area (Å²) >= 11 is 1.51. The third-order valence-electron chi connectivity index (χ3n) is 2.91. The van der Waals surface area contributed by atoms with E-state index in [2.05, 4.69) is 6.92 Å².